The Morgan fingerprint density at radius 2 is 1.58 bits per heavy atom. The fourth-order valence-electron chi connectivity index (χ4n) is 2.62. The first kappa shape index (κ1) is 14.6. The van der Waals surface area contributed by atoms with Crippen LogP contribution >= 0.6 is 0 Å². The molecule has 3 heterocycles. The van der Waals surface area contributed by atoms with Crippen LogP contribution in [0.1, 0.15) is 24.5 Å². The zero-order valence-corrected chi connectivity index (χ0v) is 13.3. The van der Waals surface area contributed by atoms with Crippen LogP contribution in [0.2, 0.25) is 0 Å². The second-order valence-corrected chi connectivity index (χ2v) is 5.71. The minimum absolute atomic E-state index is 0.504. The van der Waals surface area contributed by atoms with Gasteiger partial charge in [0.2, 0.25) is 11.8 Å². The van der Waals surface area contributed by atoms with E-state index in [-0.39, 0.29) is 0 Å². The molecule has 1 saturated carbocycles. The van der Waals surface area contributed by atoms with Gasteiger partial charge in [0.05, 0.1) is 13.3 Å². The lowest BCUT2D eigenvalue weighted by Gasteiger charge is -2.12. The number of ether oxygens (including phenoxy) is 2. The maximum absolute atomic E-state index is 5.96. The second-order valence-electron chi connectivity index (χ2n) is 5.71. The highest BCUT2D eigenvalue weighted by molar-refractivity contribution is 5.73. The fraction of sp³-hybridized carbons (Fsp3) is 0.211. The van der Waals surface area contributed by atoms with E-state index in [0.717, 1.165) is 16.8 Å². The summed E-state index contributed by atoms with van der Waals surface area (Å²) in [5, 5.41) is 0. The molecule has 1 aliphatic rings. The summed E-state index contributed by atoms with van der Waals surface area (Å²) in [5.41, 5.74) is 2.80. The van der Waals surface area contributed by atoms with Crippen molar-refractivity contribution in [2.24, 2.45) is 0 Å². The first-order chi connectivity index (χ1) is 11.8. The van der Waals surface area contributed by atoms with E-state index < -0.39 is 0 Å². The van der Waals surface area contributed by atoms with Crippen LogP contribution in [-0.4, -0.2) is 22.1 Å². The average molecular weight is 319 g/mol. The van der Waals surface area contributed by atoms with Crippen LogP contribution in [0.15, 0.2) is 55.0 Å². The highest BCUT2D eigenvalue weighted by Crippen LogP contribution is 2.40. The van der Waals surface area contributed by atoms with Gasteiger partial charge in [-0.2, -0.15) is 0 Å². The van der Waals surface area contributed by atoms with E-state index in [9.17, 15) is 0 Å². The van der Waals surface area contributed by atoms with Gasteiger partial charge < -0.3 is 9.47 Å². The standard InChI is InChI=1S/C19H17N3O2/c1-23-18-15(4-2-10-20-18)16-5-3-11-21-19(16)24-14-8-9-17(22-12-14)13-6-7-13/h2-5,8-13H,6-7H2,1H3. The third-order valence-electron chi connectivity index (χ3n) is 4.00. The summed E-state index contributed by atoms with van der Waals surface area (Å²) in [7, 11) is 1.60. The Bertz CT molecular complexity index is 845. The van der Waals surface area contributed by atoms with Gasteiger partial charge in [0.25, 0.3) is 0 Å². The normalized spacial score (nSPS) is 13.5. The van der Waals surface area contributed by atoms with Crippen molar-refractivity contribution in [1.29, 1.82) is 0 Å². The van der Waals surface area contributed by atoms with E-state index in [2.05, 4.69) is 15.0 Å². The van der Waals surface area contributed by atoms with Gasteiger partial charge in [-0.15, -0.1) is 0 Å². The summed E-state index contributed by atoms with van der Waals surface area (Å²) in [6, 6.07) is 11.6. The summed E-state index contributed by atoms with van der Waals surface area (Å²) < 4.78 is 11.3. The lowest BCUT2D eigenvalue weighted by atomic mass is 10.1. The van der Waals surface area contributed by atoms with Crippen LogP contribution in [-0.2, 0) is 0 Å². The molecule has 1 aliphatic carbocycles. The molecule has 1 fully saturated rings. The van der Waals surface area contributed by atoms with Gasteiger partial charge in [0.1, 0.15) is 5.75 Å². The van der Waals surface area contributed by atoms with Crippen LogP contribution < -0.4 is 9.47 Å². The van der Waals surface area contributed by atoms with Crippen LogP contribution in [0.3, 0.4) is 0 Å². The van der Waals surface area contributed by atoms with Gasteiger partial charge in [-0.25, -0.2) is 9.97 Å². The largest absolute Gasteiger partial charge is 0.481 e. The summed E-state index contributed by atoms with van der Waals surface area (Å²) in [6.07, 6.45) is 7.62. The smallest absolute Gasteiger partial charge is 0.227 e. The number of rotatable bonds is 5. The predicted molar refractivity (Wildman–Crippen MR) is 90.3 cm³/mol. The molecule has 3 aromatic heterocycles. The first-order valence-corrected chi connectivity index (χ1v) is 7.93. The molecule has 120 valence electrons. The van der Waals surface area contributed by atoms with Gasteiger partial charge in [-0.3, -0.25) is 4.98 Å². The van der Waals surface area contributed by atoms with Crippen molar-refractivity contribution in [3.8, 4) is 28.6 Å². The molecule has 0 aromatic carbocycles. The van der Waals surface area contributed by atoms with E-state index in [1.165, 1.54) is 12.8 Å². The molecule has 0 radical (unpaired) electrons. The van der Waals surface area contributed by atoms with E-state index >= 15 is 0 Å². The van der Waals surface area contributed by atoms with Gasteiger partial charge in [0.15, 0.2) is 0 Å². The monoisotopic (exact) mass is 319 g/mol. The number of methoxy groups -OCH3 is 1. The van der Waals surface area contributed by atoms with Crippen molar-refractivity contribution in [2.75, 3.05) is 7.11 Å². The number of nitrogens with zero attached hydrogens (tertiary/aromatic N) is 3. The summed E-state index contributed by atoms with van der Waals surface area (Å²) in [6.45, 7) is 0. The molecule has 4 rings (SSSR count). The average Bonchev–Trinajstić information content (AvgIpc) is 3.48. The molecule has 0 saturated heterocycles. The van der Waals surface area contributed by atoms with E-state index in [4.69, 9.17) is 9.47 Å². The zero-order chi connectivity index (χ0) is 16.4. The lowest BCUT2D eigenvalue weighted by molar-refractivity contribution is 0.399. The molecule has 3 aromatic rings. The molecule has 5 heteroatoms. The highest BCUT2D eigenvalue weighted by Gasteiger charge is 2.24. The maximum Gasteiger partial charge on any atom is 0.227 e. The molecule has 0 N–H and O–H groups in total. The third-order valence-corrected chi connectivity index (χ3v) is 4.00. The lowest BCUT2D eigenvalue weighted by Crippen LogP contribution is -1.96. The van der Waals surface area contributed by atoms with Gasteiger partial charge in [-0.05, 0) is 49.2 Å². The van der Waals surface area contributed by atoms with Crippen LogP contribution in [0.4, 0.5) is 0 Å². The Hall–Kier alpha value is -2.95. The Morgan fingerprint density at radius 3 is 2.21 bits per heavy atom. The fourth-order valence-corrected chi connectivity index (χ4v) is 2.62. The number of hydrogen-bond donors (Lipinski definition) is 0. The van der Waals surface area contributed by atoms with E-state index in [0.29, 0.717) is 23.4 Å². The van der Waals surface area contributed by atoms with Crippen molar-refractivity contribution in [3.05, 3.63) is 60.7 Å². The van der Waals surface area contributed by atoms with Gasteiger partial charge in [-0.1, -0.05) is 0 Å². The topological polar surface area (TPSA) is 57.1 Å². The van der Waals surface area contributed by atoms with E-state index in [1.807, 2.05) is 36.4 Å². The molecular weight excluding hydrogens is 302 g/mol. The molecule has 0 atom stereocenters. The molecule has 0 amide bonds. The molecule has 0 bridgehead atoms. The molecule has 5 nitrogen and oxygen atoms in total. The van der Waals surface area contributed by atoms with Gasteiger partial charge in [0, 0.05) is 35.1 Å². The van der Waals surface area contributed by atoms with Crippen LogP contribution in [0, 0.1) is 0 Å². The van der Waals surface area contributed by atoms with Crippen molar-refractivity contribution < 1.29 is 9.47 Å². The predicted octanol–water partition coefficient (Wildman–Crippen LogP) is 4.22. The molecule has 0 aliphatic heterocycles. The molecular formula is C19H17N3O2. The third kappa shape index (κ3) is 2.93. The Labute approximate surface area is 140 Å². The first-order valence-electron chi connectivity index (χ1n) is 7.93. The van der Waals surface area contributed by atoms with Crippen molar-refractivity contribution in [3.63, 3.8) is 0 Å². The van der Waals surface area contributed by atoms with Crippen LogP contribution in [0.25, 0.3) is 11.1 Å². The SMILES string of the molecule is COc1ncccc1-c1cccnc1Oc1ccc(C2CC2)nc1. The second kappa shape index (κ2) is 6.28. The molecule has 0 spiro atoms. The van der Waals surface area contributed by atoms with Crippen molar-refractivity contribution in [1.82, 2.24) is 15.0 Å². The Morgan fingerprint density at radius 1 is 0.875 bits per heavy atom. The number of aromatic nitrogens is 3. The summed E-state index contributed by atoms with van der Waals surface area (Å²) >= 11 is 0. The van der Waals surface area contributed by atoms with Crippen molar-refractivity contribution in [2.45, 2.75) is 18.8 Å². The summed E-state index contributed by atoms with van der Waals surface area (Å²) in [4.78, 5) is 13.1. The van der Waals surface area contributed by atoms with Gasteiger partial charge >= 0.3 is 0 Å². The number of hydrogen-bond acceptors (Lipinski definition) is 5. The number of pyridine rings is 3. The minimum atomic E-state index is 0.504. The van der Waals surface area contributed by atoms with Crippen molar-refractivity contribution >= 4 is 0 Å². The molecule has 24 heavy (non-hydrogen) atoms. The maximum atomic E-state index is 5.96. The van der Waals surface area contributed by atoms with Crippen LogP contribution in [0.5, 0.6) is 17.5 Å². The quantitative estimate of drug-likeness (QED) is 0.705. The zero-order valence-electron chi connectivity index (χ0n) is 13.3. The Kier molecular flexibility index (Phi) is 3.83. The minimum Gasteiger partial charge on any atom is -0.481 e. The Balaban J connectivity index is 1.66. The molecule has 0 unspecified atom stereocenters. The highest BCUT2D eigenvalue weighted by atomic mass is 16.5. The summed E-state index contributed by atoms with van der Waals surface area (Å²) in [5.74, 6) is 2.34. The van der Waals surface area contributed by atoms with E-state index in [1.54, 1.807) is 25.7 Å².